The van der Waals surface area contributed by atoms with E-state index in [1.807, 2.05) is 18.2 Å². The first-order valence-electron chi connectivity index (χ1n) is 6.76. The summed E-state index contributed by atoms with van der Waals surface area (Å²) in [4.78, 5) is 0. The van der Waals surface area contributed by atoms with Crippen LogP contribution in [0.3, 0.4) is 0 Å². The van der Waals surface area contributed by atoms with Crippen molar-refractivity contribution in [2.45, 2.75) is 25.8 Å². The number of hydrogen-bond donors (Lipinski definition) is 1. The van der Waals surface area contributed by atoms with Gasteiger partial charge in [0.2, 0.25) is 0 Å². The molecule has 0 bridgehead atoms. The molecule has 0 amide bonds. The topological polar surface area (TPSA) is 12.0 Å². The Morgan fingerprint density at radius 1 is 1.00 bits per heavy atom. The molecule has 0 saturated carbocycles. The summed E-state index contributed by atoms with van der Waals surface area (Å²) < 4.78 is 13.4. The highest BCUT2D eigenvalue weighted by Gasteiger charge is 2.04. The highest BCUT2D eigenvalue weighted by Crippen LogP contribution is 2.17. The van der Waals surface area contributed by atoms with Gasteiger partial charge in [-0.15, -0.1) is 0 Å². The molecule has 0 aromatic heterocycles. The fourth-order valence-corrected chi connectivity index (χ4v) is 2.13. The fraction of sp³-hybridized carbons (Fsp3) is 0.294. The van der Waals surface area contributed by atoms with Gasteiger partial charge in [0.25, 0.3) is 0 Å². The standard InChI is InChI=1S/C17H20FN/c1-14(15-7-3-2-4-8-15)11-12-19-13-16-9-5-6-10-17(16)18/h2-10,14,19H,11-13H2,1H3. The molecule has 0 saturated heterocycles. The minimum atomic E-state index is -0.133. The summed E-state index contributed by atoms with van der Waals surface area (Å²) in [5.74, 6) is 0.389. The molecule has 1 nitrogen and oxygen atoms in total. The summed E-state index contributed by atoms with van der Waals surface area (Å²) in [6.07, 6.45) is 1.05. The summed E-state index contributed by atoms with van der Waals surface area (Å²) in [6.45, 7) is 3.71. The van der Waals surface area contributed by atoms with E-state index in [2.05, 4.69) is 36.5 Å². The van der Waals surface area contributed by atoms with E-state index in [1.54, 1.807) is 6.07 Å². The lowest BCUT2D eigenvalue weighted by molar-refractivity contribution is 0.564. The van der Waals surface area contributed by atoms with Gasteiger partial charge in [-0.1, -0.05) is 55.5 Å². The molecule has 0 aliphatic heterocycles. The predicted molar refractivity (Wildman–Crippen MR) is 77.6 cm³/mol. The van der Waals surface area contributed by atoms with Crippen molar-refractivity contribution < 1.29 is 4.39 Å². The molecule has 0 fully saturated rings. The van der Waals surface area contributed by atoms with Gasteiger partial charge in [0.05, 0.1) is 0 Å². The largest absolute Gasteiger partial charge is 0.313 e. The van der Waals surface area contributed by atoms with Crippen LogP contribution >= 0.6 is 0 Å². The second-order valence-electron chi connectivity index (χ2n) is 4.87. The Bertz CT molecular complexity index is 496. The molecule has 100 valence electrons. The zero-order chi connectivity index (χ0) is 13.5. The van der Waals surface area contributed by atoms with E-state index in [4.69, 9.17) is 0 Å². The third-order valence-electron chi connectivity index (χ3n) is 3.40. The molecule has 19 heavy (non-hydrogen) atoms. The van der Waals surface area contributed by atoms with Gasteiger partial charge < -0.3 is 5.32 Å². The van der Waals surface area contributed by atoms with E-state index >= 15 is 0 Å². The minimum Gasteiger partial charge on any atom is -0.313 e. The Morgan fingerprint density at radius 2 is 1.68 bits per heavy atom. The van der Waals surface area contributed by atoms with Crippen LogP contribution in [-0.2, 0) is 6.54 Å². The van der Waals surface area contributed by atoms with Gasteiger partial charge in [-0.2, -0.15) is 0 Å². The first-order chi connectivity index (χ1) is 9.27. The van der Waals surface area contributed by atoms with Crippen molar-refractivity contribution in [3.05, 3.63) is 71.5 Å². The monoisotopic (exact) mass is 257 g/mol. The molecule has 0 spiro atoms. The Kier molecular flexibility index (Phi) is 5.10. The summed E-state index contributed by atoms with van der Waals surface area (Å²) in [5, 5.41) is 3.30. The number of hydrogen-bond acceptors (Lipinski definition) is 1. The fourth-order valence-electron chi connectivity index (χ4n) is 2.13. The van der Waals surface area contributed by atoms with Crippen LogP contribution in [0, 0.1) is 5.82 Å². The maximum atomic E-state index is 13.4. The van der Waals surface area contributed by atoms with E-state index in [9.17, 15) is 4.39 Å². The molecule has 0 heterocycles. The molecular weight excluding hydrogens is 237 g/mol. The third kappa shape index (κ3) is 4.18. The normalized spacial score (nSPS) is 12.3. The number of rotatable bonds is 6. The SMILES string of the molecule is CC(CCNCc1ccccc1F)c1ccccc1. The summed E-state index contributed by atoms with van der Waals surface area (Å²) in [6, 6.07) is 17.4. The molecule has 2 aromatic rings. The van der Waals surface area contributed by atoms with Crippen LogP contribution in [-0.4, -0.2) is 6.54 Å². The predicted octanol–water partition coefficient (Wildman–Crippen LogP) is 4.11. The number of nitrogens with one attached hydrogen (secondary N) is 1. The van der Waals surface area contributed by atoms with Crippen LogP contribution < -0.4 is 5.32 Å². The van der Waals surface area contributed by atoms with Crippen molar-refractivity contribution >= 4 is 0 Å². The van der Waals surface area contributed by atoms with Crippen molar-refractivity contribution in [3.8, 4) is 0 Å². The van der Waals surface area contributed by atoms with E-state index in [0.717, 1.165) is 18.5 Å². The van der Waals surface area contributed by atoms with Crippen molar-refractivity contribution in [2.24, 2.45) is 0 Å². The van der Waals surface area contributed by atoms with Gasteiger partial charge in [0, 0.05) is 12.1 Å². The van der Waals surface area contributed by atoms with Crippen LogP contribution in [0.25, 0.3) is 0 Å². The van der Waals surface area contributed by atoms with Crippen LogP contribution in [0.5, 0.6) is 0 Å². The summed E-state index contributed by atoms with van der Waals surface area (Å²) >= 11 is 0. The Morgan fingerprint density at radius 3 is 2.42 bits per heavy atom. The van der Waals surface area contributed by atoms with Gasteiger partial charge in [0.1, 0.15) is 5.82 Å². The smallest absolute Gasteiger partial charge is 0.127 e. The number of halogens is 1. The van der Waals surface area contributed by atoms with E-state index < -0.39 is 0 Å². The Balaban J connectivity index is 1.74. The first-order valence-corrected chi connectivity index (χ1v) is 6.76. The molecule has 2 heteroatoms. The van der Waals surface area contributed by atoms with Gasteiger partial charge in [-0.3, -0.25) is 0 Å². The Hall–Kier alpha value is -1.67. The van der Waals surface area contributed by atoms with Gasteiger partial charge >= 0.3 is 0 Å². The van der Waals surface area contributed by atoms with Gasteiger partial charge in [-0.25, -0.2) is 4.39 Å². The van der Waals surface area contributed by atoms with E-state index in [1.165, 1.54) is 11.6 Å². The highest BCUT2D eigenvalue weighted by atomic mass is 19.1. The maximum Gasteiger partial charge on any atom is 0.127 e. The second kappa shape index (κ2) is 7.05. The third-order valence-corrected chi connectivity index (χ3v) is 3.40. The first kappa shape index (κ1) is 13.8. The van der Waals surface area contributed by atoms with Crippen LogP contribution in [0.15, 0.2) is 54.6 Å². The maximum absolute atomic E-state index is 13.4. The summed E-state index contributed by atoms with van der Waals surface area (Å²) in [5.41, 5.74) is 2.09. The van der Waals surface area contributed by atoms with E-state index in [0.29, 0.717) is 12.5 Å². The zero-order valence-corrected chi connectivity index (χ0v) is 11.3. The average molecular weight is 257 g/mol. The molecule has 1 N–H and O–H groups in total. The number of benzene rings is 2. The van der Waals surface area contributed by atoms with Crippen LogP contribution in [0.1, 0.15) is 30.4 Å². The zero-order valence-electron chi connectivity index (χ0n) is 11.3. The molecule has 0 radical (unpaired) electrons. The molecule has 2 aromatic carbocycles. The van der Waals surface area contributed by atoms with Crippen molar-refractivity contribution in [1.29, 1.82) is 0 Å². The Labute approximate surface area is 114 Å². The molecule has 0 aliphatic rings. The molecular formula is C17H20FN. The van der Waals surface area contributed by atoms with Gasteiger partial charge in [-0.05, 0) is 30.5 Å². The van der Waals surface area contributed by atoms with Gasteiger partial charge in [0.15, 0.2) is 0 Å². The lowest BCUT2D eigenvalue weighted by atomic mass is 9.98. The van der Waals surface area contributed by atoms with Crippen LogP contribution in [0.4, 0.5) is 4.39 Å². The lowest BCUT2D eigenvalue weighted by Gasteiger charge is -2.12. The van der Waals surface area contributed by atoms with Crippen molar-refractivity contribution in [2.75, 3.05) is 6.54 Å². The van der Waals surface area contributed by atoms with Crippen molar-refractivity contribution in [3.63, 3.8) is 0 Å². The lowest BCUT2D eigenvalue weighted by Crippen LogP contribution is -2.17. The molecule has 0 aliphatic carbocycles. The molecule has 1 atom stereocenters. The van der Waals surface area contributed by atoms with Crippen LogP contribution in [0.2, 0.25) is 0 Å². The highest BCUT2D eigenvalue weighted by molar-refractivity contribution is 5.19. The molecule has 2 rings (SSSR count). The van der Waals surface area contributed by atoms with Crippen molar-refractivity contribution in [1.82, 2.24) is 5.32 Å². The average Bonchev–Trinajstić information content (AvgIpc) is 2.46. The summed E-state index contributed by atoms with van der Waals surface area (Å²) in [7, 11) is 0. The minimum absolute atomic E-state index is 0.133. The quantitative estimate of drug-likeness (QED) is 0.768. The van der Waals surface area contributed by atoms with E-state index in [-0.39, 0.29) is 5.82 Å². The second-order valence-corrected chi connectivity index (χ2v) is 4.87. The molecule has 1 unspecified atom stereocenters.